The van der Waals surface area contributed by atoms with Gasteiger partial charge in [-0.1, -0.05) is 58.5 Å². The smallest absolute Gasteiger partial charge is 0.0115 e. The number of hydrogen-bond donors (Lipinski definition) is 0. The molecule has 0 saturated heterocycles. The maximum absolute atomic E-state index is 2.72. The summed E-state index contributed by atoms with van der Waals surface area (Å²) in [5, 5.41) is 1.64. The van der Waals surface area contributed by atoms with Crippen LogP contribution in [0.5, 0.6) is 0 Å². The highest BCUT2D eigenvalue weighted by atomic mass is 31.1. The van der Waals surface area contributed by atoms with E-state index in [2.05, 4.69) is 50.8 Å². The Morgan fingerprint density at radius 2 is 1.63 bits per heavy atom. The zero-order valence-corrected chi connectivity index (χ0v) is 18.6. The molecule has 0 nitrogen and oxygen atoms in total. The Hall–Kier alpha value is -0.350. The number of rotatable bonds is 2. The van der Waals surface area contributed by atoms with Gasteiger partial charge in [0.1, 0.15) is 0 Å². The Morgan fingerprint density at radius 1 is 0.852 bits per heavy atom. The largest absolute Gasteiger partial charge is 0.0748 e. The molecule has 0 N–H and O–H groups in total. The van der Waals surface area contributed by atoms with Crippen molar-refractivity contribution in [2.24, 2.45) is 40.9 Å². The molecule has 9 unspecified atom stereocenters. The third-order valence-corrected chi connectivity index (χ3v) is 12.7. The van der Waals surface area contributed by atoms with Crippen LogP contribution < -0.4 is 5.30 Å². The summed E-state index contributed by atoms with van der Waals surface area (Å²) in [6, 6.07) is 11.5. The monoisotopic (exact) mass is 382 g/mol. The zero-order valence-electron chi connectivity index (χ0n) is 17.7. The van der Waals surface area contributed by atoms with E-state index in [-0.39, 0.29) is 7.92 Å². The first-order valence-corrected chi connectivity index (χ1v) is 13.7. The van der Waals surface area contributed by atoms with E-state index in [1.165, 1.54) is 25.7 Å². The number of hydrogen-bond acceptors (Lipinski definition) is 0. The highest BCUT2D eigenvalue weighted by Gasteiger charge is 2.57. The topological polar surface area (TPSA) is 0 Å². The molecule has 4 aliphatic rings. The lowest BCUT2D eigenvalue weighted by atomic mass is 9.50. The molecule has 4 fully saturated rings. The minimum absolute atomic E-state index is 0.0150. The van der Waals surface area contributed by atoms with Gasteiger partial charge in [0.2, 0.25) is 0 Å². The minimum atomic E-state index is -0.0150. The fourth-order valence-electron chi connectivity index (χ4n) is 8.54. The molecule has 0 heterocycles. The van der Waals surface area contributed by atoms with Crippen molar-refractivity contribution < 1.29 is 0 Å². The lowest BCUT2D eigenvalue weighted by Gasteiger charge is -2.56. The van der Waals surface area contributed by atoms with E-state index in [1.54, 1.807) is 37.4 Å². The standard InChI is InChI=1S/C26H39P/c1-18-9-11-21-19(17-18)10-12-23-22(21)15-16-26(2)24(23)13-14-25(26)27(3)20-7-5-4-6-8-20/h4-8,18-19,21-25H,9-17H2,1-3H3. The van der Waals surface area contributed by atoms with E-state index in [4.69, 9.17) is 0 Å². The number of fused-ring (bicyclic) bond motifs is 5. The molecule has 0 spiro atoms. The summed E-state index contributed by atoms with van der Waals surface area (Å²) >= 11 is 0. The summed E-state index contributed by atoms with van der Waals surface area (Å²) in [6.07, 6.45) is 13.9. The van der Waals surface area contributed by atoms with E-state index in [9.17, 15) is 0 Å². The van der Waals surface area contributed by atoms with Crippen molar-refractivity contribution in [1.29, 1.82) is 0 Å². The van der Waals surface area contributed by atoms with E-state index in [0.29, 0.717) is 5.41 Å². The molecule has 4 saturated carbocycles. The Labute approximate surface area is 168 Å². The molecule has 0 bridgehead atoms. The van der Waals surface area contributed by atoms with E-state index >= 15 is 0 Å². The van der Waals surface area contributed by atoms with Crippen molar-refractivity contribution in [2.75, 3.05) is 6.66 Å². The molecule has 1 aromatic rings. The van der Waals surface area contributed by atoms with Crippen molar-refractivity contribution in [1.82, 2.24) is 0 Å². The van der Waals surface area contributed by atoms with Gasteiger partial charge < -0.3 is 0 Å². The molecule has 0 radical (unpaired) electrons. The average molecular weight is 383 g/mol. The van der Waals surface area contributed by atoms with Gasteiger partial charge in [-0.25, -0.2) is 0 Å². The van der Waals surface area contributed by atoms with E-state index in [0.717, 1.165) is 41.2 Å². The average Bonchev–Trinajstić information content (AvgIpc) is 3.05. The van der Waals surface area contributed by atoms with Crippen LogP contribution in [-0.2, 0) is 0 Å². The second kappa shape index (κ2) is 7.16. The van der Waals surface area contributed by atoms with Gasteiger partial charge in [0.15, 0.2) is 0 Å². The molecule has 1 heteroatoms. The van der Waals surface area contributed by atoms with Gasteiger partial charge in [0.05, 0.1) is 0 Å². The van der Waals surface area contributed by atoms with Crippen molar-refractivity contribution in [3.8, 4) is 0 Å². The highest BCUT2D eigenvalue weighted by Crippen LogP contribution is 2.67. The van der Waals surface area contributed by atoms with Crippen molar-refractivity contribution in [3.05, 3.63) is 30.3 Å². The first-order chi connectivity index (χ1) is 13.1. The van der Waals surface area contributed by atoms with Crippen LogP contribution in [0.25, 0.3) is 0 Å². The first kappa shape index (κ1) is 18.7. The molecule has 4 aliphatic carbocycles. The lowest BCUT2D eigenvalue weighted by molar-refractivity contribution is -0.0542. The van der Waals surface area contributed by atoms with Crippen LogP contribution in [0.4, 0.5) is 0 Å². The Balaban J connectivity index is 1.37. The molecule has 27 heavy (non-hydrogen) atoms. The SMILES string of the molecule is CC1CCC2C(CCC3C2CCC2(C)C3CCC2P(C)c2ccccc2)C1. The van der Waals surface area contributed by atoms with Crippen LogP contribution in [0.15, 0.2) is 30.3 Å². The van der Waals surface area contributed by atoms with Gasteiger partial charge in [-0.2, -0.15) is 0 Å². The Morgan fingerprint density at radius 3 is 2.44 bits per heavy atom. The molecule has 148 valence electrons. The predicted molar refractivity (Wildman–Crippen MR) is 119 cm³/mol. The van der Waals surface area contributed by atoms with Crippen molar-refractivity contribution in [3.63, 3.8) is 0 Å². The zero-order chi connectivity index (χ0) is 18.6. The van der Waals surface area contributed by atoms with Crippen LogP contribution in [0.1, 0.15) is 71.6 Å². The normalized spacial score (nSPS) is 47.6. The van der Waals surface area contributed by atoms with Gasteiger partial charge in [-0.3, -0.25) is 0 Å². The van der Waals surface area contributed by atoms with Crippen LogP contribution in [0.3, 0.4) is 0 Å². The highest BCUT2D eigenvalue weighted by molar-refractivity contribution is 7.65. The van der Waals surface area contributed by atoms with Crippen LogP contribution in [-0.4, -0.2) is 12.3 Å². The summed E-state index contributed by atoms with van der Waals surface area (Å²) in [6.45, 7) is 7.83. The van der Waals surface area contributed by atoms with Crippen LogP contribution in [0.2, 0.25) is 0 Å². The third kappa shape index (κ3) is 3.04. The van der Waals surface area contributed by atoms with Gasteiger partial charge in [0, 0.05) is 0 Å². The Kier molecular flexibility index (Phi) is 4.95. The maximum atomic E-state index is 2.72. The summed E-state index contributed by atoms with van der Waals surface area (Å²) in [5.41, 5.74) is 1.59. The van der Waals surface area contributed by atoms with Crippen molar-refractivity contribution >= 4 is 13.2 Å². The lowest BCUT2D eigenvalue weighted by Crippen LogP contribution is -2.49. The molecule has 9 atom stereocenters. The second-order valence-electron chi connectivity index (χ2n) is 10.9. The maximum Gasteiger partial charge on any atom is -0.0115 e. The van der Waals surface area contributed by atoms with Crippen LogP contribution in [0, 0.1) is 40.9 Å². The van der Waals surface area contributed by atoms with E-state index < -0.39 is 0 Å². The summed E-state index contributed by atoms with van der Waals surface area (Å²) in [7, 11) is -0.0150. The summed E-state index contributed by atoms with van der Waals surface area (Å²) in [4.78, 5) is 0. The van der Waals surface area contributed by atoms with Crippen LogP contribution >= 0.6 is 7.92 Å². The van der Waals surface area contributed by atoms with Gasteiger partial charge >= 0.3 is 0 Å². The fourth-order valence-corrected chi connectivity index (χ4v) is 11.3. The van der Waals surface area contributed by atoms with Gasteiger partial charge in [-0.05, 0) is 110 Å². The predicted octanol–water partition coefficient (Wildman–Crippen LogP) is 7.08. The van der Waals surface area contributed by atoms with Gasteiger partial charge in [0.25, 0.3) is 0 Å². The van der Waals surface area contributed by atoms with Crippen molar-refractivity contribution in [2.45, 2.75) is 77.3 Å². The molecule has 5 rings (SSSR count). The quantitative estimate of drug-likeness (QED) is 0.479. The first-order valence-electron chi connectivity index (χ1n) is 11.9. The summed E-state index contributed by atoms with van der Waals surface area (Å²) < 4.78 is 0. The number of benzene rings is 1. The molecule has 1 aromatic carbocycles. The minimum Gasteiger partial charge on any atom is -0.0748 e. The summed E-state index contributed by atoms with van der Waals surface area (Å²) in [5.74, 6) is 6.39. The third-order valence-electron chi connectivity index (χ3n) is 9.80. The molecular formula is C26H39P. The fraction of sp³-hybridized carbons (Fsp3) is 0.769. The molecule has 0 aromatic heterocycles. The van der Waals surface area contributed by atoms with E-state index in [1.807, 2.05) is 0 Å². The van der Waals surface area contributed by atoms with Gasteiger partial charge in [-0.15, -0.1) is 0 Å². The molecule has 0 aliphatic heterocycles. The second-order valence-corrected chi connectivity index (χ2v) is 13.3. The molecular weight excluding hydrogens is 343 g/mol. The molecule has 0 amide bonds. The Bertz CT molecular complexity index is 653.